The van der Waals surface area contributed by atoms with Crippen LogP contribution in [0.1, 0.15) is 130 Å². The van der Waals surface area contributed by atoms with Crippen LogP contribution >= 0.6 is 0 Å². The molecule has 5 atom stereocenters. The van der Waals surface area contributed by atoms with Crippen molar-refractivity contribution in [3.63, 3.8) is 0 Å². The summed E-state index contributed by atoms with van der Waals surface area (Å²) >= 11 is 0. The number of carbonyl (C=O) groups excluding carboxylic acids is 9. The number of aliphatic hydroxyl groups is 1. The van der Waals surface area contributed by atoms with E-state index < -0.39 is 82.8 Å². The number of hydrogen-bond donors (Lipinski definition) is 4. The van der Waals surface area contributed by atoms with Crippen molar-refractivity contribution in [2.24, 2.45) is 17.8 Å². The Hall–Kier alpha value is -7.58. The van der Waals surface area contributed by atoms with E-state index in [1.54, 1.807) is 32.0 Å². The van der Waals surface area contributed by atoms with Gasteiger partial charge in [0.1, 0.15) is 24.8 Å². The third kappa shape index (κ3) is 12.5. The van der Waals surface area contributed by atoms with Gasteiger partial charge in [0.2, 0.25) is 17.7 Å². The van der Waals surface area contributed by atoms with Crippen molar-refractivity contribution in [2.75, 3.05) is 26.3 Å². The first-order valence-corrected chi connectivity index (χ1v) is 27.1. The molecule has 0 spiro atoms. The molecule has 0 unspecified atom stereocenters. The lowest BCUT2D eigenvalue weighted by Gasteiger charge is -2.31. The number of Topliss-reactive ketones (excluding diaryl/α,β-unsaturated/α-hetero) is 3. The van der Waals surface area contributed by atoms with Crippen LogP contribution in [0.3, 0.4) is 0 Å². The molecule has 2 aromatic carbocycles. The largest absolute Gasteiger partial charge is 0.458 e. The van der Waals surface area contributed by atoms with Crippen LogP contribution in [0.5, 0.6) is 0 Å². The number of carbonyl (C=O) groups is 9. The molecule has 4 N–H and O–H groups in total. The lowest BCUT2D eigenvalue weighted by atomic mass is 9.81. The van der Waals surface area contributed by atoms with Gasteiger partial charge in [0.25, 0.3) is 17.4 Å². The van der Waals surface area contributed by atoms with Gasteiger partial charge in [-0.15, -0.1) is 0 Å². The molecule has 0 saturated carbocycles. The summed E-state index contributed by atoms with van der Waals surface area (Å²) in [4.78, 5) is 137. The van der Waals surface area contributed by atoms with Crippen LogP contribution in [-0.2, 0) is 84.2 Å². The van der Waals surface area contributed by atoms with Crippen molar-refractivity contribution in [1.82, 2.24) is 30.4 Å². The fourth-order valence-electron chi connectivity index (χ4n) is 11.1. The highest BCUT2D eigenvalue weighted by atomic mass is 19.1. The van der Waals surface area contributed by atoms with Gasteiger partial charge in [-0.1, -0.05) is 57.5 Å². The van der Waals surface area contributed by atoms with E-state index in [1.165, 1.54) is 29.7 Å². The summed E-state index contributed by atoms with van der Waals surface area (Å²) in [5.74, 6) is -6.30. The van der Waals surface area contributed by atoms with Crippen LogP contribution in [-0.4, -0.2) is 105 Å². The maximum atomic E-state index is 15.4. The molecule has 20 heteroatoms. The van der Waals surface area contributed by atoms with Crippen LogP contribution in [0.4, 0.5) is 4.39 Å². The average molecular weight is 1090 g/mol. The Kier molecular flexibility index (Phi) is 17.9. The second-order valence-electron chi connectivity index (χ2n) is 21.4. The summed E-state index contributed by atoms with van der Waals surface area (Å²) in [5, 5.41) is 20.5. The first kappa shape index (κ1) is 57.6. The number of rotatable bonds is 26. The predicted molar refractivity (Wildman–Crippen MR) is 285 cm³/mol. The number of ether oxygens (including phenoxy) is 2. The van der Waals surface area contributed by atoms with Crippen molar-refractivity contribution in [2.45, 2.75) is 136 Å². The Morgan fingerprint density at radius 3 is 2.35 bits per heavy atom. The van der Waals surface area contributed by atoms with Crippen LogP contribution in [0.25, 0.3) is 22.3 Å². The number of unbranched alkanes of at least 4 members (excludes halogenated alkanes) is 2. The fraction of sp³-hybridized carbons (Fsp3) is 0.475. The van der Waals surface area contributed by atoms with Crippen molar-refractivity contribution in [1.29, 1.82) is 0 Å². The highest BCUT2D eigenvalue weighted by molar-refractivity contribution is 6.12. The number of fused-ring (bicyclic) bond motifs is 5. The minimum atomic E-state index is -2.05. The second kappa shape index (κ2) is 24.6. The number of benzene rings is 2. The number of aryl methyl sites for hydroxylation is 1. The van der Waals surface area contributed by atoms with Gasteiger partial charge in [-0.25, -0.2) is 14.2 Å². The number of ketones is 3. The van der Waals surface area contributed by atoms with E-state index in [9.17, 15) is 53.1 Å². The molecule has 19 nitrogen and oxygen atoms in total. The van der Waals surface area contributed by atoms with Crippen molar-refractivity contribution >= 4 is 63.8 Å². The Balaban J connectivity index is 0.831. The van der Waals surface area contributed by atoms with E-state index in [2.05, 4.69) is 16.0 Å². The monoisotopic (exact) mass is 1090 g/mol. The summed E-state index contributed by atoms with van der Waals surface area (Å²) in [6.07, 6.45) is 4.85. The Bertz CT molecular complexity index is 3210. The van der Waals surface area contributed by atoms with Crippen molar-refractivity contribution < 1.29 is 62.1 Å². The molecule has 0 bridgehead atoms. The number of amides is 5. The first-order valence-electron chi connectivity index (χ1n) is 27.1. The normalized spacial score (nSPS) is 18.2. The number of cyclic esters (lactones) is 1. The van der Waals surface area contributed by atoms with E-state index in [1.807, 2.05) is 32.0 Å². The van der Waals surface area contributed by atoms with Gasteiger partial charge in [0.05, 0.1) is 54.2 Å². The van der Waals surface area contributed by atoms with E-state index in [0.29, 0.717) is 71.1 Å². The highest BCUT2D eigenvalue weighted by Crippen LogP contribution is 2.46. The van der Waals surface area contributed by atoms with Crippen LogP contribution < -0.4 is 21.5 Å². The number of nitrogens with zero attached hydrogens (tertiary/aromatic N) is 3. The summed E-state index contributed by atoms with van der Waals surface area (Å²) in [7, 11) is 0. The minimum absolute atomic E-state index is 0.0290. The third-order valence-electron chi connectivity index (χ3n) is 15.7. The van der Waals surface area contributed by atoms with E-state index in [-0.39, 0.29) is 106 Å². The molecule has 79 heavy (non-hydrogen) atoms. The number of hydrogen-bond acceptors (Lipinski definition) is 14. The van der Waals surface area contributed by atoms with Crippen molar-refractivity contribution in [3.05, 3.63) is 110 Å². The van der Waals surface area contributed by atoms with Crippen LogP contribution in [0.2, 0.25) is 0 Å². The first-order chi connectivity index (χ1) is 37.7. The molecule has 2 aromatic heterocycles. The molecule has 418 valence electrons. The predicted octanol–water partition coefficient (Wildman–Crippen LogP) is 4.76. The van der Waals surface area contributed by atoms with Crippen LogP contribution in [0.15, 0.2) is 59.4 Å². The molecule has 3 aliphatic heterocycles. The molecule has 0 radical (unpaired) electrons. The SMILES string of the molecule is CC[C@@]1(O)C(=O)OCc2c1cc1n(c2=O)Cc2c-1nc1cc(F)c(C)c3c1c2[C@@H](NC(=O)COCCC(=O)CNC(=O)[C@@H](CC(=O)[C@H](C)NC(=O)[C@@H](CC(=O)CCCCCN1C(=O)C=CC1=O)C(C)C)Cc1ccccc1)CC3. The van der Waals surface area contributed by atoms with Gasteiger partial charge in [0, 0.05) is 78.8 Å². The molecule has 8 rings (SSSR count). The molecule has 4 aliphatic rings. The van der Waals surface area contributed by atoms with Gasteiger partial charge >= 0.3 is 5.97 Å². The van der Waals surface area contributed by atoms with Gasteiger partial charge in [-0.05, 0) is 86.6 Å². The Morgan fingerprint density at radius 2 is 1.65 bits per heavy atom. The summed E-state index contributed by atoms with van der Waals surface area (Å²) < 4.78 is 27.8. The molecule has 1 aliphatic carbocycles. The second-order valence-corrected chi connectivity index (χ2v) is 21.4. The van der Waals surface area contributed by atoms with Crippen molar-refractivity contribution in [3.8, 4) is 11.4 Å². The number of pyridine rings is 2. The van der Waals surface area contributed by atoms with Gasteiger partial charge < -0.3 is 35.1 Å². The van der Waals surface area contributed by atoms with E-state index in [4.69, 9.17) is 14.5 Å². The summed E-state index contributed by atoms with van der Waals surface area (Å²) in [5.41, 5.74) is 2.07. The number of halogens is 1. The molecular weight excluding hydrogens is 1020 g/mol. The third-order valence-corrected chi connectivity index (χ3v) is 15.7. The van der Waals surface area contributed by atoms with Gasteiger partial charge in [0.15, 0.2) is 17.2 Å². The lowest BCUT2D eigenvalue weighted by Crippen LogP contribution is -2.45. The number of imide groups is 1. The van der Waals surface area contributed by atoms with E-state index >= 15 is 4.39 Å². The molecule has 0 fully saturated rings. The summed E-state index contributed by atoms with van der Waals surface area (Å²) in [6.45, 7) is 7.52. The van der Waals surface area contributed by atoms with Gasteiger partial charge in [-0.3, -0.25) is 48.1 Å². The number of esters is 1. The molecule has 0 saturated heterocycles. The van der Waals surface area contributed by atoms with E-state index in [0.717, 1.165) is 16.0 Å². The molecular formula is C59H67FN6O13. The number of nitrogens with one attached hydrogen (secondary N) is 3. The maximum absolute atomic E-state index is 15.4. The molecule has 5 amide bonds. The minimum Gasteiger partial charge on any atom is -0.458 e. The zero-order valence-corrected chi connectivity index (χ0v) is 45.2. The van der Waals surface area contributed by atoms with Crippen LogP contribution in [0, 0.1) is 30.5 Å². The number of aromatic nitrogens is 2. The Labute approximate surface area is 456 Å². The zero-order valence-electron chi connectivity index (χ0n) is 45.2. The smallest absolute Gasteiger partial charge is 0.343 e. The topological polar surface area (TPSA) is 267 Å². The zero-order chi connectivity index (χ0) is 56.9. The quantitative estimate of drug-likeness (QED) is 0.0331. The lowest BCUT2D eigenvalue weighted by molar-refractivity contribution is -0.172. The average Bonchev–Trinajstić information content (AvgIpc) is 4.02. The summed E-state index contributed by atoms with van der Waals surface area (Å²) in [6, 6.07) is 10.3. The maximum Gasteiger partial charge on any atom is 0.343 e. The Morgan fingerprint density at radius 1 is 0.911 bits per heavy atom. The van der Waals surface area contributed by atoms with Gasteiger partial charge in [-0.2, -0.15) is 0 Å². The molecule has 4 aromatic rings. The standard InChI is InChI=1S/C59H67FN6O13/c1-6-59(77)43-26-47-54-41(29-66(47)57(75)42(43)30-79-58(59)76)53-45(17-16-39-33(4)44(60)27-46(64-54)52(39)53)63-49(70)31-78-22-20-38(68)28-61-55(73)36(23-35-13-9-7-10-14-35)24-48(69)34(5)62-56(74)40(32(2)3)25-37(67)15-11-8-12-21-65-50(71)18-19-51(65)72/h7,9-10,13-14,18-19,26-27,32,34,36,40,45,77H,6,8,11-12,15-17,20-25,28-31H2,1-5H3,(H,61,73)(H,62,74)(H,63,70)/t34-,36+,40-,45-,59-/m0/s1. The molecule has 5 heterocycles. The fourth-order valence-corrected chi connectivity index (χ4v) is 11.1. The highest BCUT2D eigenvalue weighted by Gasteiger charge is 2.46.